The number of rotatable bonds is 7. The molecule has 138 valence electrons. The van der Waals surface area contributed by atoms with Crippen LogP contribution in [0.25, 0.3) is 0 Å². The number of allylic oxidation sites excluding steroid dienone is 1. The predicted molar refractivity (Wildman–Crippen MR) is 98.4 cm³/mol. The maximum Gasteiger partial charge on any atom is 0.339 e. The number of para-hydroxylation sites is 1. The summed E-state index contributed by atoms with van der Waals surface area (Å²) < 4.78 is 10.9. The zero-order chi connectivity index (χ0) is 19.2. The highest BCUT2D eigenvalue weighted by molar-refractivity contribution is 5.89. The fourth-order valence-electron chi connectivity index (χ4n) is 2.61. The third kappa shape index (κ3) is 4.71. The minimum absolute atomic E-state index is 0.218. The Morgan fingerprint density at radius 3 is 2.12 bits per heavy atom. The second kappa shape index (κ2) is 8.65. The fourth-order valence-corrected chi connectivity index (χ4v) is 2.61. The molecule has 0 spiro atoms. The number of aliphatic hydroxyl groups excluding tert-OH is 2. The molecule has 2 aromatic carbocycles. The summed E-state index contributed by atoms with van der Waals surface area (Å²) in [6.45, 7) is 4.80. The lowest BCUT2D eigenvalue weighted by Crippen LogP contribution is -2.29. The normalized spacial score (nSPS) is 13.6. The molecule has 0 aliphatic carbocycles. The number of aliphatic hydroxyl groups is 2. The van der Waals surface area contributed by atoms with Crippen molar-refractivity contribution in [3.63, 3.8) is 0 Å². The molecule has 2 aromatic rings. The lowest BCUT2D eigenvalue weighted by molar-refractivity contribution is -0.169. The van der Waals surface area contributed by atoms with Crippen molar-refractivity contribution in [3.05, 3.63) is 77.6 Å². The molecule has 0 aliphatic heterocycles. The molecule has 2 N–H and O–H groups in total. The monoisotopic (exact) mass is 356 g/mol. The summed E-state index contributed by atoms with van der Waals surface area (Å²) in [5.41, 5.74) is 0.542. The average molecular weight is 356 g/mol. The van der Waals surface area contributed by atoms with E-state index in [1.807, 2.05) is 62.4 Å². The summed E-state index contributed by atoms with van der Waals surface area (Å²) in [5, 5.41) is 18.3. The van der Waals surface area contributed by atoms with Gasteiger partial charge in [-0.1, -0.05) is 48.5 Å². The van der Waals surface area contributed by atoms with Crippen LogP contribution in [0.5, 0.6) is 5.75 Å². The van der Waals surface area contributed by atoms with Gasteiger partial charge in [0.25, 0.3) is 0 Å². The van der Waals surface area contributed by atoms with E-state index in [-0.39, 0.29) is 5.57 Å². The van der Waals surface area contributed by atoms with Crippen molar-refractivity contribution in [3.8, 4) is 5.75 Å². The van der Waals surface area contributed by atoms with Crippen LogP contribution in [0, 0.1) is 0 Å². The van der Waals surface area contributed by atoms with Crippen molar-refractivity contribution in [2.75, 3.05) is 6.61 Å². The quantitative estimate of drug-likeness (QED) is 0.345. The maximum absolute atomic E-state index is 12.4. The average Bonchev–Trinajstić information content (AvgIpc) is 2.66. The molecule has 26 heavy (non-hydrogen) atoms. The van der Waals surface area contributed by atoms with Gasteiger partial charge in [0.15, 0.2) is 0 Å². The Hall–Kier alpha value is -2.63. The highest BCUT2D eigenvalue weighted by atomic mass is 16.6. The molecule has 0 heterocycles. The number of carbonyl (C=O) groups is 1. The third-order valence-electron chi connectivity index (χ3n) is 4.07. The van der Waals surface area contributed by atoms with Gasteiger partial charge in [0.05, 0.1) is 5.57 Å². The van der Waals surface area contributed by atoms with Crippen molar-refractivity contribution in [1.29, 1.82) is 0 Å². The molecule has 5 nitrogen and oxygen atoms in total. The number of benzene rings is 2. The number of ether oxygens (including phenoxy) is 2. The molecular formula is C21H24O5. The van der Waals surface area contributed by atoms with Crippen LogP contribution in [0.4, 0.5) is 0 Å². The molecule has 0 saturated carbocycles. The highest BCUT2D eigenvalue weighted by Gasteiger charge is 2.32. The second-order valence-electron chi connectivity index (χ2n) is 6.40. The van der Waals surface area contributed by atoms with Crippen LogP contribution in [0.1, 0.15) is 26.3 Å². The minimum Gasteiger partial charge on any atom is -0.460 e. The van der Waals surface area contributed by atoms with Gasteiger partial charge in [-0.15, -0.1) is 0 Å². The van der Waals surface area contributed by atoms with Gasteiger partial charge in [-0.05, 0) is 38.5 Å². The number of hydrogen-bond donors (Lipinski definition) is 2. The van der Waals surface area contributed by atoms with Crippen LogP contribution < -0.4 is 4.74 Å². The Balaban J connectivity index is 2.47. The standard InChI is InChI=1S/C21H24O5/c1-15(20(24)26-18(23)14-22)19(25-17-12-8-5-9-13-17)21(2,3)16-10-6-4-7-11-16/h4-13,18,22-23H,14H2,1-3H3/b19-15-. The van der Waals surface area contributed by atoms with Crippen molar-refractivity contribution < 1.29 is 24.5 Å². The summed E-state index contributed by atoms with van der Waals surface area (Å²) in [4.78, 5) is 12.4. The highest BCUT2D eigenvalue weighted by Crippen LogP contribution is 2.35. The Bertz CT molecular complexity index is 750. The molecule has 1 unspecified atom stereocenters. The molecule has 0 amide bonds. The number of carbonyl (C=O) groups excluding carboxylic acids is 1. The van der Waals surface area contributed by atoms with E-state index in [0.717, 1.165) is 5.56 Å². The van der Waals surface area contributed by atoms with Gasteiger partial charge < -0.3 is 19.7 Å². The zero-order valence-corrected chi connectivity index (χ0v) is 15.2. The summed E-state index contributed by atoms with van der Waals surface area (Å²) in [6.07, 6.45) is -1.57. The Morgan fingerprint density at radius 1 is 1.04 bits per heavy atom. The van der Waals surface area contributed by atoms with E-state index < -0.39 is 24.3 Å². The first kappa shape index (κ1) is 19.7. The minimum atomic E-state index is -1.57. The molecule has 0 fully saturated rings. The summed E-state index contributed by atoms with van der Waals surface area (Å²) in [7, 11) is 0. The van der Waals surface area contributed by atoms with E-state index in [1.165, 1.54) is 0 Å². The van der Waals surface area contributed by atoms with Gasteiger partial charge in [0, 0.05) is 5.41 Å². The van der Waals surface area contributed by atoms with Crippen molar-refractivity contribution in [2.24, 2.45) is 0 Å². The maximum atomic E-state index is 12.4. The largest absolute Gasteiger partial charge is 0.460 e. The third-order valence-corrected chi connectivity index (χ3v) is 4.07. The first-order valence-electron chi connectivity index (χ1n) is 8.36. The topological polar surface area (TPSA) is 76.0 Å². The van der Waals surface area contributed by atoms with Crippen molar-refractivity contribution >= 4 is 5.97 Å². The zero-order valence-electron chi connectivity index (χ0n) is 15.2. The summed E-state index contributed by atoms with van der Waals surface area (Å²) >= 11 is 0. The first-order chi connectivity index (χ1) is 12.4. The molecule has 5 heteroatoms. The van der Waals surface area contributed by atoms with Gasteiger partial charge in [0.1, 0.15) is 18.1 Å². The Kier molecular flexibility index (Phi) is 6.55. The Labute approximate surface area is 153 Å². The van der Waals surface area contributed by atoms with E-state index in [0.29, 0.717) is 11.5 Å². The van der Waals surface area contributed by atoms with Crippen LogP contribution in [-0.2, 0) is 14.9 Å². The van der Waals surface area contributed by atoms with Crippen LogP contribution in [0.3, 0.4) is 0 Å². The first-order valence-corrected chi connectivity index (χ1v) is 8.36. The molecule has 0 aromatic heterocycles. The lowest BCUT2D eigenvalue weighted by Gasteiger charge is -2.30. The van der Waals surface area contributed by atoms with Gasteiger partial charge in [0.2, 0.25) is 6.29 Å². The molecule has 0 radical (unpaired) electrons. The number of hydrogen-bond acceptors (Lipinski definition) is 5. The van der Waals surface area contributed by atoms with Gasteiger partial charge >= 0.3 is 5.97 Å². The van der Waals surface area contributed by atoms with Crippen LogP contribution in [0.2, 0.25) is 0 Å². The van der Waals surface area contributed by atoms with Gasteiger partial charge in [-0.3, -0.25) is 0 Å². The SMILES string of the molecule is C/C(C(=O)OC(O)CO)=C(/Oc1ccccc1)C(C)(C)c1ccccc1. The predicted octanol–water partition coefficient (Wildman–Crippen LogP) is 3.17. The van der Waals surface area contributed by atoms with E-state index in [1.54, 1.807) is 19.1 Å². The van der Waals surface area contributed by atoms with Gasteiger partial charge in [-0.2, -0.15) is 0 Å². The summed E-state index contributed by atoms with van der Waals surface area (Å²) in [6, 6.07) is 18.8. The molecule has 2 rings (SSSR count). The van der Waals surface area contributed by atoms with Crippen molar-refractivity contribution in [1.82, 2.24) is 0 Å². The van der Waals surface area contributed by atoms with Crippen LogP contribution in [0.15, 0.2) is 72.0 Å². The smallest absolute Gasteiger partial charge is 0.339 e. The molecule has 0 bridgehead atoms. The van der Waals surface area contributed by atoms with Crippen LogP contribution in [-0.4, -0.2) is 29.1 Å². The van der Waals surface area contributed by atoms with E-state index in [2.05, 4.69) is 0 Å². The van der Waals surface area contributed by atoms with E-state index >= 15 is 0 Å². The fraction of sp³-hybridized carbons (Fsp3) is 0.286. The van der Waals surface area contributed by atoms with E-state index in [9.17, 15) is 9.90 Å². The van der Waals surface area contributed by atoms with Crippen LogP contribution >= 0.6 is 0 Å². The number of esters is 1. The van der Waals surface area contributed by atoms with Gasteiger partial charge in [-0.25, -0.2) is 4.79 Å². The molecular weight excluding hydrogens is 332 g/mol. The summed E-state index contributed by atoms with van der Waals surface area (Å²) in [5.74, 6) is 0.243. The van der Waals surface area contributed by atoms with Crippen molar-refractivity contribution in [2.45, 2.75) is 32.5 Å². The van der Waals surface area contributed by atoms with E-state index in [4.69, 9.17) is 14.6 Å². The second-order valence-corrected chi connectivity index (χ2v) is 6.40. The molecule has 0 aliphatic rings. The lowest BCUT2D eigenvalue weighted by atomic mass is 9.81. The Morgan fingerprint density at radius 2 is 1.58 bits per heavy atom. The molecule has 1 atom stereocenters. The molecule has 0 saturated heterocycles.